The van der Waals surface area contributed by atoms with Crippen LogP contribution in [0.25, 0.3) is 0 Å². The normalized spacial score (nSPS) is 14.5. The molecule has 204 valence electrons. The molecule has 1 heterocycles. The summed E-state index contributed by atoms with van der Waals surface area (Å²) >= 11 is 3.41. The van der Waals surface area contributed by atoms with E-state index < -0.39 is 34.4 Å². The molecule has 8 nitrogen and oxygen atoms in total. The summed E-state index contributed by atoms with van der Waals surface area (Å²) < 4.78 is 27.8. The second-order valence-electron chi connectivity index (χ2n) is 9.31. The van der Waals surface area contributed by atoms with Gasteiger partial charge in [0.2, 0.25) is 11.8 Å². The number of nitrogens with zero attached hydrogens (tertiary/aromatic N) is 2. The molecule has 3 aromatic carbocycles. The maximum atomic E-state index is 13.9. The number of hydrogen-bond donors (Lipinski definition) is 1. The van der Waals surface area contributed by atoms with Crippen molar-refractivity contribution in [3.63, 3.8) is 0 Å². The lowest BCUT2D eigenvalue weighted by atomic mass is 10.0. The highest BCUT2D eigenvalue weighted by Gasteiger charge is 2.43. The zero-order valence-corrected chi connectivity index (χ0v) is 23.9. The summed E-state index contributed by atoms with van der Waals surface area (Å²) in [4.78, 5) is 41.7. The van der Waals surface area contributed by atoms with Gasteiger partial charge < -0.3 is 10.2 Å². The topological polar surface area (TPSA) is 104 Å². The maximum Gasteiger partial charge on any atom is 0.269 e. The summed E-state index contributed by atoms with van der Waals surface area (Å²) in [7, 11) is -4.20. The van der Waals surface area contributed by atoms with Crippen molar-refractivity contribution >= 4 is 43.7 Å². The van der Waals surface area contributed by atoms with Crippen LogP contribution in [0.3, 0.4) is 0 Å². The molecule has 0 bridgehead atoms. The van der Waals surface area contributed by atoms with Crippen LogP contribution in [0.15, 0.2) is 88.2 Å². The first-order valence-electron chi connectivity index (χ1n) is 12.7. The van der Waals surface area contributed by atoms with Crippen molar-refractivity contribution in [3.05, 3.63) is 100 Å². The summed E-state index contributed by atoms with van der Waals surface area (Å²) in [6.45, 7) is 1.82. The van der Waals surface area contributed by atoms with Gasteiger partial charge in [-0.1, -0.05) is 83.9 Å². The predicted molar refractivity (Wildman–Crippen MR) is 151 cm³/mol. The van der Waals surface area contributed by atoms with Gasteiger partial charge in [0.15, 0.2) is 0 Å². The van der Waals surface area contributed by atoms with Crippen molar-refractivity contribution in [2.24, 2.45) is 0 Å². The van der Waals surface area contributed by atoms with E-state index >= 15 is 0 Å². The molecule has 3 aromatic rings. The average molecular weight is 613 g/mol. The first-order chi connectivity index (χ1) is 18.7. The number of amides is 3. The van der Waals surface area contributed by atoms with Crippen molar-refractivity contribution in [2.45, 2.75) is 43.7 Å². The number of hydrogen-bond acceptors (Lipinski definition) is 5. The molecule has 1 atom stereocenters. The largest absolute Gasteiger partial charge is 0.354 e. The van der Waals surface area contributed by atoms with E-state index in [0.29, 0.717) is 10.8 Å². The maximum absolute atomic E-state index is 13.9. The van der Waals surface area contributed by atoms with Crippen LogP contribution in [0.2, 0.25) is 0 Å². The molecule has 0 saturated carbocycles. The summed E-state index contributed by atoms with van der Waals surface area (Å²) in [6.07, 6.45) is 1.89. The van der Waals surface area contributed by atoms with E-state index in [2.05, 4.69) is 21.2 Å². The first-order valence-corrected chi connectivity index (χ1v) is 15.0. The SMILES string of the molecule is CCCCNC(=O)[C@H](Cc1ccccc1)N(Cc1ccc(Br)cc1)C(=O)CN1C(=O)c2ccccc2S1(=O)=O. The molecule has 4 rings (SSSR count). The highest BCUT2D eigenvalue weighted by atomic mass is 79.9. The van der Waals surface area contributed by atoms with Crippen LogP contribution in [-0.2, 0) is 32.6 Å². The molecule has 10 heteroatoms. The molecular formula is C29H30BrN3O5S. The Kier molecular flexibility index (Phi) is 9.19. The van der Waals surface area contributed by atoms with Crippen LogP contribution >= 0.6 is 15.9 Å². The number of carbonyl (C=O) groups is 3. The Morgan fingerprint density at radius 3 is 2.28 bits per heavy atom. The van der Waals surface area contributed by atoms with Crippen LogP contribution in [0.1, 0.15) is 41.3 Å². The number of nitrogens with one attached hydrogen (secondary N) is 1. The quantitative estimate of drug-likeness (QED) is 0.328. The van der Waals surface area contributed by atoms with Crippen LogP contribution < -0.4 is 5.32 Å². The Morgan fingerprint density at radius 1 is 0.949 bits per heavy atom. The predicted octanol–water partition coefficient (Wildman–Crippen LogP) is 4.15. The minimum atomic E-state index is -4.20. The smallest absolute Gasteiger partial charge is 0.269 e. The van der Waals surface area contributed by atoms with Gasteiger partial charge >= 0.3 is 0 Å². The van der Waals surface area contributed by atoms with Gasteiger partial charge in [-0.15, -0.1) is 0 Å². The standard InChI is InChI=1S/C29H30BrN3O5S/c1-2-3-17-31-28(35)25(18-21-9-5-4-6-10-21)32(19-22-13-15-23(30)16-14-22)27(34)20-33-29(36)24-11-7-8-12-26(24)39(33,37)38/h4-16,25H,2-3,17-20H2,1H3,(H,31,35)/t25-/m0/s1. The second-order valence-corrected chi connectivity index (χ2v) is 12.1. The van der Waals surface area contributed by atoms with E-state index in [-0.39, 0.29) is 29.3 Å². The Bertz CT molecular complexity index is 1450. The van der Waals surface area contributed by atoms with E-state index in [1.807, 2.05) is 61.5 Å². The van der Waals surface area contributed by atoms with E-state index in [9.17, 15) is 22.8 Å². The minimum absolute atomic E-state index is 0.0305. The third-order valence-corrected chi connectivity index (χ3v) is 8.87. The Hall–Kier alpha value is -3.50. The lowest BCUT2D eigenvalue weighted by molar-refractivity contribution is -0.141. The van der Waals surface area contributed by atoms with Crippen LogP contribution in [0, 0.1) is 0 Å². The number of sulfonamides is 1. The van der Waals surface area contributed by atoms with Crippen molar-refractivity contribution in [2.75, 3.05) is 13.1 Å². The molecule has 0 aromatic heterocycles. The summed E-state index contributed by atoms with van der Waals surface area (Å²) in [6, 6.07) is 21.6. The molecule has 0 aliphatic carbocycles. The van der Waals surface area contributed by atoms with Crippen LogP contribution in [-0.4, -0.2) is 54.5 Å². The Labute approximate surface area is 237 Å². The molecule has 1 aliphatic heterocycles. The fourth-order valence-electron chi connectivity index (χ4n) is 4.45. The highest BCUT2D eigenvalue weighted by molar-refractivity contribution is 9.10. The zero-order chi connectivity index (χ0) is 28.0. The molecular weight excluding hydrogens is 582 g/mol. The number of benzene rings is 3. The average Bonchev–Trinajstić information content (AvgIpc) is 3.13. The fourth-order valence-corrected chi connectivity index (χ4v) is 6.23. The lowest BCUT2D eigenvalue weighted by Gasteiger charge is -2.32. The molecule has 0 fully saturated rings. The summed E-state index contributed by atoms with van der Waals surface area (Å²) in [5.41, 5.74) is 1.63. The van der Waals surface area contributed by atoms with E-state index in [1.165, 1.54) is 23.1 Å². The van der Waals surface area contributed by atoms with E-state index in [1.54, 1.807) is 6.07 Å². The van der Waals surface area contributed by atoms with Crippen molar-refractivity contribution in [1.82, 2.24) is 14.5 Å². The van der Waals surface area contributed by atoms with Crippen LogP contribution in [0.4, 0.5) is 0 Å². The van der Waals surface area contributed by atoms with Crippen molar-refractivity contribution < 1.29 is 22.8 Å². The van der Waals surface area contributed by atoms with Gasteiger partial charge in [-0.2, -0.15) is 0 Å². The number of rotatable bonds is 11. The summed E-state index contributed by atoms with van der Waals surface area (Å²) in [5, 5.41) is 2.93. The molecule has 1 N–H and O–H groups in total. The van der Waals surface area contributed by atoms with E-state index in [0.717, 1.165) is 28.4 Å². The van der Waals surface area contributed by atoms with Gasteiger partial charge in [0, 0.05) is 24.0 Å². The number of carbonyl (C=O) groups excluding carboxylic acids is 3. The van der Waals surface area contributed by atoms with Crippen molar-refractivity contribution in [3.8, 4) is 0 Å². The van der Waals surface area contributed by atoms with Gasteiger partial charge in [0.1, 0.15) is 17.5 Å². The molecule has 0 saturated heterocycles. The number of halogens is 1. The molecule has 0 radical (unpaired) electrons. The zero-order valence-electron chi connectivity index (χ0n) is 21.5. The number of unbranched alkanes of at least 4 members (excludes halogenated alkanes) is 1. The molecule has 39 heavy (non-hydrogen) atoms. The van der Waals surface area contributed by atoms with E-state index in [4.69, 9.17) is 0 Å². The molecule has 3 amide bonds. The van der Waals surface area contributed by atoms with Gasteiger partial charge in [-0.05, 0) is 41.8 Å². The number of fused-ring (bicyclic) bond motifs is 1. The molecule has 1 aliphatic rings. The summed E-state index contributed by atoms with van der Waals surface area (Å²) in [5.74, 6) is -1.74. The Morgan fingerprint density at radius 2 is 1.62 bits per heavy atom. The fraction of sp³-hybridized carbons (Fsp3) is 0.276. The van der Waals surface area contributed by atoms with Gasteiger partial charge in [0.05, 0.1) is 5.56 Å². The van der Waals surface area contributed by atoms with Gasteiger partial charge in [0.25, 0.3) is 15.9 Å². The second kappa shape index (κ2) is 12.6. The lowest BCUT2D eigenvalue weighted by Crippen LogP contribution is -2.53. The van der Waals surface area contributed by atoms with Crippen molar-refractivity contribution in [1.29, 1.82) is 0 Å². The van der Waals surface area contributed by atoms with Crippen LogP contribution in [0.5, 0.6) is 0 Å². The molecule has 0 spiro atoms. The van der Waals surface area contributed by atoms with Gasteiger partial charge in [-0.25, -0.2) is 12.7 Å². The Balaban J connectivity index is 1.69. The highest BCUT2D eigenvalue weighted by Crippen LogP contribution is 2.30. The third-order valence-electron chi connectivity index (χ3n) is 6.56. The minimum Gasteiger partial charge on any atom is -0.354 e. The monoisotopic (exact) mass is 611 g/mol. The first kappa shape index (κ1) is 28.5. The molecule has 0 unspecified atom stereocenters. The van der Waals surface area contributed by atoms with Gasteiger partial charge in [-0.3, -0.25) is 14.4 Å². The third kappa shape index (κ3) is 6.57.